The summed E-state index contributed by atoms with van der Waals surface area (Å²) >= 11 is 3.51. The smallest absolute Gasteiger partial charge is 0.248 e. The third-order valence-electron chi connectivity index (χ3n) is 3.76. The lowest BCUT2D eigenvalue weighted by molar-refractivity contribution is 0.324. The van der Waals surface area contributed by atoms with Crippen LogP contribution in [0.2, 0.25) is 0 Å². The minimum atomic E-state index is 0.367. The van der Waals surface area contributed by atoms with Gasteiger partial charge in [0.05, 0.1) is 21.3 Å². The number of aryl methyl sites for hydroxylation is 1. The molecule has 0 aliphatic rings. The molecule has 0 aliphatic carbocycles. The van der Waals surface area contributed by atoms with E-state index in [2.05, 4.69) is 26.1 Å². The Kier molecular flexibility index (Phi) is 4.94. The molecule has 0 bridgehead atoms. The first kappa shape index (κ1) is 17.3. The highest BCUT2D eigenvalue weighted by molar-refractivity contribution is 9.10. The molecule has 0 saturated heterocycles. The molecule has 1 aromatic heterocycles. The molecule has 0 fully saturated rings. The van der Waals surface area contributed by atoms with Crippen LogP contribution in [0.15, 0.2) is 39.2 Å². The van der Waals surface area contributed by atoms with Crippen molar-refractivity contribution in [2.75, 3.05) is 21.3 Å². The maximum atomic E-state index is 5.83. The summed E-state index contributed by atoms with van der Waals surface area (Å²) in [5, 5.41) is 8.27. The number of nitrogens with zero attached hydrogens (tertiary/aromatic N) is 2. The molecule has 0 unspecified atom stereocenters. The quantitative estimate of drug-likeness (QED) is 0.623. The Morgan fingerprint density at radius 2 is 1.44 bits per heavy atom. The normalized spacial score (nSPS) is 10.6. The van der Waals surface area contributed by atoms with E-state index >= 15 is 0 Å². The zero-order chi connectivity index (χ0) is 18.0. The molecular formula is C18H17BrN2O4. The van der Waals surface area contributed by atoms with Crippen molar-refractivity contribution < 1.29 is 18.6 Å². The fourth-order valence-corrected chi connectivity index (χ4v) is 2.77. The first-order valence-corrected chi connectivity index (χ1v) is 8.27. The van der Waals surface area contributed by atoms with Crippen molar-refractivity contribution in [2.24, 2.45) is 0 Å². The van der Waals surface area contributed by atoms with Crippen LogP contribution in [0.3, 0.4) is 0 Å². The van der Waals surface area contributed by atoms with Gasteiger partial charge in [0.2, 0.25) is 17.5 Å². The van der Waals surface area contributed by atoms with Gasteiger partial charge in [0.1, 0.15) is 0 Å². The lowest BCUT2D eigenvalue weighted by Crippen LogP contribution is -1.95. The molecular weight excluding hydrogens is 388 g/mol. The number of rotatable bonds is 5. The van der Waals surface area contributed by atoms with E-state index in [1.807, 2.05) is 25.1 Å². The summed E-state index contributed by atoms with van der Waals surface area (Å²) in [6.45, 7) is 2.02. The summed E-state index contributed by atoms with van der Waals surface area (Å²) in [7, 11) is 4.67. The van der Waals surface area contributed by atoms with E-state index < -0.39 is 0 Å². The maximum absolute atomic E-state index is 5.83. The van der Waals surface area contributed by atoms with Crippen LogP contribution in [0, 0.1) is 6.92 Å². The Balaban J connectivity index is 2.03. The molecule has 3 aromatic rings. The van der Waals surface area contributed by atoms with Crippen molar-refractivity contribution in [3.8, 4) is 40.2 Å². The summed E-state index contributed by atoms with van der Waals surface area (Å²) < 4.78 is 22.9. The predicted molar refractivity (Wildman–Crippen MR) is 97.3 cm³/mol. The molecule has 2 aromatic carbocycles. The number of methoxy groups -OCH3 is 3. The Hall–Kier alpha value is -2.54. The molecule has 0 N–H and O–H groups in total. The van der Waals surface area contributed by atoms with E-state index in [1.165, 1.54) is 0 Å². The molecule has 130 valence electrons. The average molecular weight is 405 g/mol. The van der Waals surface area contributed by atoms with Crippen LogP contribution in [0.1, 0.15) is 5.56 Å². The summed E-state index contributed by atoms with van der Waals surface area (Å²) in [6, 6.07) is 9.41. The molecule has 25 heavy (non-hydrogen) atoms. The molecule has 1 heterocycles. The van der Waals surface area contributed by atoms with Crippen LogP contribution < -0.4 is 14.2 Å². The highest BCUT2D eigenvalue weighted by atomic mass is 79.9. The number of hydrogen-bond donors (Lipinski definition) is 0. The van der Waals surface area contributed by atoms with Gasteiger partial charge < -0.3 is 18.6 Å². The van der Waals surface area contributed by atoms with Gasteiger partial charge in [-0.1, -0.05) is 22.0 Å². The van der Waals surface area contributed by atoms with Gasteiger partial charge in [-0.3, -0.25) is 0 Å². The Morgan fingerprint density at radius 3 is 1.96 bits per heavy atom. The lowest BCUT2D eigenvalue weighted by atomic mass is 10.1. The van der Waals surface area contributed by atoms with E-state index in [0.29, 0.717) is 34.6 Å². The molecule has 7 heteroatoms. The highest BCUT2D eigenvalue weighted by Gasteiger charge is 2.18. The van der Waals surface area contributed by atoms with Gasteiger partial charge in [0, 0.05) is 15.6 Å². The van der Waals surface area contributed by atoms with Crippen LogP contribution in [0.25, 0.3) is 22.9 Å². The van der Waals surface area contributed by atoms with Crippen molar-refractivity contribution in [3.05, 3.63) is 40.4 Å². The second-order valence-corrected chi connectivity index (χ2v) is 6.14. The third kappa shape index (κ3) is 3.32. The molecule has 0 amide bonds. The first-order chi connectivity index (χ1) is 12.1. The molecule has 0 saturated carbocycles. The van der Waals surface area contributed by atoms with Crippen LogP contribution in [0.5, 0.6) is 17.2 Å². The summed E-state index contributed by atoms with van der Waals surface area (Å²) in [6.07, 6.45) is 0. The van der Waals surface area contributed by atoms with E-state index in [0.717, 1.165) is 15.6 Å². The Bertz CT molecular complexity index is 883. The fourth-order valence-electron chi connectivity index (χ4n) is 2.39. The zero-order valence-electron chi connectivity index (χ0n) is 14.3. The number of halogens is 1. The average Bonchev–Trinajstić information content (AvgIpc) is 3.12. The van der Waals surface area contributed by atoms with Crippen LogP contribution >= 0.6 is 15.9 Å². The second-order valence-electron chi connectivity index (χ2n) is 5.29. The van der Waals surface area contributed by atoms with Crippen molar-refractivity contribution in [2.45, 2.75) is 6.92 Å². The fraction of sp³-hybridized carbons (Fsp3) is 0.222. The van der Waals surface area contributed by atoms with Gasteiger partial charge in [0.25, 0.3) is 0 Å². The van der Waals surface area contributed by atoms with E-state index in [4.69, 9.17) is 18.6 Å². The van der Waals surface area contributed by atoms with Gasteiger partial charge in [-0.15, -0.1) is 10.2 Å². The second kappa shape index (κ2) is 7.14. The van der Waals surface area contributed by atoms with Gasteiger partial charge in [0.15, 0.2) is 11.5 Å². The molecule has 0 radical (unpaired) electrons. The summed E-state index contributed by atoms with van der Waals surface area (Å²) in [5.41, 5.74) is 2.65. The summed E-state index contributed by atoms with van der Waals surface area (Å²) in [4.78, 5) is 0. The SMILES string of the molecule is COc1cc(-c2nnc(-c3ccc(C)c(Br)c3)o2)cc(OC)c1OC. The molecule has 6 nitrogen and oxygen atoms in total. The Morgan fingerprint density at radius 1 is 0.840 bits per heavy atom. The van der Waals surface area contributed by atoms with Crippen molar-refractivity contribution in [3.63, 3.8) is 0 Å². The standard InChI is InChI=1S/C18H17BrN2O4/c1-10-5-6-11(7-13(10)19)17-20-21-18(25-17)12-8-14(22-2)16(24-4)15(9-12)23-3/h5-9H,1-4H3. The molecule has 0 atom stereocenters. The van der Waals surface area contributed by atoms with Gasteiger partial charge in [-0.25, -0.2) is 0 Å². The summed E-state index contributed by atoms with van der Waals surface area (Å²) in [5.74, 6) is 2.36. The van der Waals surface area contributed by atoms with Crippen LogP contribution in [-0.4, -0.2) is 31.5 Å². The van der Waals surface area contributed by atoms with Gasteiger partial charge in [-0.05, 0) is 36.8 Å². The minimum absolute atomic E-state index is 0.367. The Labute approximate surface area is 153 Å². The van der Waals surface area contributed by atoms with Gasteiger partial charge in [-0.2, -0.15) is 0 Å². The largest absolute Gasteiger partial charge is 0.493 e. The highest BCUT2D eigenvalue weighted by Crippen LogP contribution is 2.41. The molecule has 3 rings (SSSR count). The van der Waals surface area contributed by atoms with Crippen molar-refractivity contribution in [1.82, 2.24) is 10.2 Å². The van der Waals surface area contributed by atoms with Gasteiger partial charge >= 0.3 is 0 Å². The van der Waals surface area contributed by atoms with E-state index in [-0.39, 0.29) is 0 Å². The third-order valence-corrected chi connectivity index (χ3v) is 4.61. The van der Waals surface area contributed by atoms with E-state index in [1.54, 1.807) is 33.5 Å². The lowest BCUT2D eigenvalue weighted by Gasteiger charge is -2.12. The maximum Gasteiger partial charge on any atom is 0.248 e. The number of hydrogen-bond acceptors (Lipinski definition) is 6. The zero-order valence-corrected chi connectivity index (χ0v) is 15.9. The predicted octanol–water partition coefficient (Wildman–Crippen LogP) is 4.50. The van der Waals surface area contributed by atoms with Crippen molar-refractivity contribution in [1.29, 1.82) is 0 Å². The number of benzene rings is 2. The minimum Gasteiger partial charge on any atom is -0.493 e. The van der Waals surface area contributed by atoms with Crippen molar-refractivity contribution >= 4 is 15.9 Å². The topological polar surface area (TPSA) is 66.6 Å². The molecule has 0 spiro atoms. The molecule has 0 aliphatic heterocycles. The monoisotopic (exact) mass is 404 g/mol. The van der Waals surface area contributed by atoms with Crippen LogP contribution in [-0.2, 0) is 0 Å². The van der Waals surface area contributed by atoms with E-state index in [9.17, 15) is 0 Å². The number of aromatic nitrogens is 2. The number of ether oxygens (including phenoxy) is 3. The van der Waals surface area contributed by atoms with Crippen LogP contribution in [0.4, 0.5) is 0 Å². The first-order valence-electron chi connectivity index (χ1n) is 7.47.